The van der Waals surface area contributed by atoms with Crippen molar-refractivity contribution in [3.05, 3.63) is 0 Å². The van der Waals surface area contributed by atoms with Gasteiger partial charge in [-0.05, 0) is 62.2 Å². The van der Waals surface area contributed by atoms with Crippen molar-refractivity contribution in [1.29, 1.82) is 0 Å². The number of ether oxygens (including phenoxy) is 2. The lowest BCUT2D eigenvalue weighted by Crippen LogP contribution is -2.29. The first-order valence-electron chi connectivity index (χ1n) is 13.6. The predicted molar refractivity (Wildman–Crippen MR) is 132 cm³/mol. The van der Waals surface area contributed by atoms with Crippen LogP contribution in [-0.4, -0.2) is 25.2 Å². The Balaban J connectivity index is 2.20. The Morgan fingerprint density at radius 2 is 0.906 bits per heavy atom. The summed E-state index contributed by atoms with van der Waals surface area (Å²) in [5.74, 6) is 2.09. The van der Waals surface area contributed by atoms with Crippen molar-refractivity contribution >= 4 is 11.9 Å². The standard InChI is InChI=1S/C28H52O4/c1-7-9-21(3)11-13-23(5)19-31-27(29)25-15-17-26(18-16-25)28(30)32-20-24(6)14-12-22(4)10-8-2/h21-26H,7-20H2,1-6H3. The maximum absolute atomic E-state index is 12.5. The number of carbonyl (C=O) groups excluding carboxylic acids is 2. The Hall–Kier alpha value is -1.06. The Morgan fingerprint density at radius 3 is 1.22 bits per heavy atom. The SMILES string of the molecule is CCCC(C)CCC(C)COC(=O)C1CCC(C(=O)OCC(C)CCC(C)CCC)CC1. The predicted octanol–water partition coefficient (Wildman–Crippen LogP) is 7.58. The minimum absolute atomic E-state index is 0.0516. The summed E-state index contributed by atoms with van der Waals surface area (Å²) in [5, 5.41) is 0. The molecule has 0 amide bonds. The maximum atomic E-state index is 12.5. The van der Waals surface area contributed by atoms with Gasteiger partial charge in [-0.15, -0.1) is 0 Å². The summed E-state index contributed by atoms with van der Waals surface area (Å²) in [6, 6.07) is 0. The van der Waals surface area contributed by atoms with E-state index in [-0.39, 0.29) is 23.8 Å². The molecule has 188 valence electrons. The van der Waals surface area contributed by atoms with Crippen molar-refractivity contribution in [2.45, 2.75) is 119 Å². The molecule has 0 radical (unpaired) electrons. The lowest BCUT2D eigenvalue weighted by atomic mass is 9.82. The first-order chi connectivity index (χ1) is 15.3. The topological polar surface area (TPSA) is 52.6 Å². The van der Waals surface area contributed by atoms with Crippen LogP contribution in [0, 0.1) is 35.5 Å². The summed E-state index contributed by atoms with van der Waals surface area (Å²) in [6.45, 7) is 14.5. The average Bonchev–Trinajstić information content (AvgIpc) is 2.78. The van der Waals surface area contributed by atoms with Gasteiger partial charge in [-0.1, -0.05) is 80.1 Å². The van der Waals surface area contributed by atoms with Gasteiger partial charge in [-0.25, -0.2) is 0 Å². The number of esters is 2. The molecular weight excluding hydrogens is 400 g/mol. The second-order valence-corrected chi connectivity index (χ2v) is 11.0. The zero-order valence-electron chi connectivity index (χ0n) is 22.0. The Morgan fingerprint density at radius 1 is 0.594 bits per heavy atom. The molecule has 0 bridgehead atoms. The van der Waals surface area contributed by atoms with Crippen LogP contribution < -0.4 is 0 Å². The Bertz CT molecular complexity index is 464. The molecule has 4 unspecified atom stereocenters. The van der Waals surface area contributed by atoms with Crippen molar-refractivity contribution in [3.8, 4) is 0 Å². The lowest BCUT2D eigenvalue weighted by Gasteiger charge is -2.27. The van der Waals surface area contributed by atoms with Crippen molar-refractivity contribution < 1.29 is 19.1 Å². The highest BCUT2D eigenvalue weighted by Gasteiger charge is 2.32. The van der Waals surface area contributed by atoms with Gasteiger partial charge in [0.15, 0.2) is 0 Å². The normalized spacial score (nSPS) is 22.6. The Kier molecular flexibility index (Phi) is 15.0. The molecule has 0 N–H and O–H groups in total. The molecule has 0 aliphatic heterocycles. The van der Waals surface area contributed by atoms with Crippen molar-refractivity contribution in [2.75, 3.05) is 13.2 Å². The highest BCUT2D eigenvalue weighted by molar-refractivity contribution is 5.75. The van der Waals surface area contributed by atoms with Gasteiger partial charge < -0.3 is 9.47 Å². The maximum Gasteiger partial charge on any atom is 0.308 e. The van der Waals surface area contributed by atoms with Crippen LogP contribution in [0.1, 0.15) is 119 Å². The van der Waals surface area contributed by atoms with Crippen LogP contribution in [0.25, 0.3) is 0 Å². The molecule has 1 fully saturated rings. The zero-order chi connectivity index (χ0) is 23.9. The minimum Gasteiger partial charge on any atom is -0.465 e. The van der Waals surface area contributed by atoms with Crippen molar-refractivity contribution in [3.63, 3.8) is 0 Å². The second kappa shape index (κ2) is 16.5. The molecule has 0 saturated heterocycles. The molecule has 1 aliphatic rings. The number of hydrogen-bond donors (Lipinski definition) is 0. The largest absolute Gasteiger partial charge is 0.465 e. The van der Waals surface area contributed by atoms with Crippen LogP contribution in [0.5, 0.6) is 0 Å². The Labute approximate surface area is 198 Å². The second-order valence-electron chi connectivity index (χ2n) is 11.0. The molecule has 4 heteroatoms. The number of carbonyl (C=O) groups is 2. The van der Waals surface area contributed by atoms with Crippen LogP contribution in [0.15, 0.2) is 0 Å². The van der Waals surface area contributed by atoms with Gasteiger partial charge in [0.05, 0.1) is 25.0 Å². The van der Waals surface area contributed by atoms with E-state index in [1.807, 2.05) is 0 Å². The van der Waals surface area contributed by atoms with Crippen LogP contribution in [0.2, 0.25) is 0 Å². The summed E-state index contributed by atoms with van der Waals surface area (Å²) in [7, 11) is 0. The van der Waals surface area contributed by atoms with Crippen LogP contribution in [-0.2, 0) is 19.1 Å². The molecule has 4 atom stereocenters. The van der Waals surface area contributed by atoms with E-state index >= 15 is 0 Å². The third kappa shape index (κ3) is 12.3. The van der Waals surface area contributed by atoms with E-state index in [1.165, 1.54) is 38.5 Å². The minimum atomic E-state index is -0.0694. The van der Waals surface area contributed by atoms with E-state index in [0.29, 0.717) is 25.0 Å². The molecule has 1 rings (SSSR count). The van der Waals surface area contributed by atoms with Gasteiger partial charge in [0.1, 0.15) is 0 Å². The third-order valence-electron chi connectivity index (χ3n) is 7.28. The summed E-state index contributed by atoms with van der Waals surface area (Å²) in [5.41, 5.74) is 0. The summed E-state index contributed by atoms with van der Waals surface area (Å²) < 4.78 is 11.2. The van der Waals surface area contributed by atoms with E-state index < -0.39 is 0 Å². The first-order valence-corrected chi connectivity index (χ1v) is 13.6. The van der Waals surface area contributed by atoms with E-state index in [4.69, 9.17) is 9.47 Å². The number of hydrogen-bond acceptors (Lipinski definition) is 4. The van der Waals surface area contributed by atoms with Crippen LogP contribution in [0.4, 0.5) is 0 Å². The summed E-state index contributed by atoms with van der Waals surface area (Å²) in [6.07, 6.45) is 12.6. The van der Waals surface area contributed by atoms with Gasteiger partial charge in [0.25, 0.3) is 0 Å². The average molecular weight is 453 g/mol. The number of rotatable bonds is 16. The van der Waals surface area contributed by atoms with E-state index in [1.54, 1.807) is 0 Å². The highest BCUT2D eigenvalue weighted by atomic mass is 16.5. The highest BCUT2D eigenvalue weighted by Crippen LogP contribution is 2.31. The van der Waals surface area contributed by atoms with Crippen LogP contribution in [0.3, 0.4) is 0 Å². The molecule has 1 saturated carbocycles. The van der Waals surface area contributed by atoms with Gasteiger partial charge in [0, 0.05) is 0 Å². The third-order valence-corrected chi connectivity index (χ3v) is 7.28. The van der Waals surface area contributed by atoms with E-state index in [2.05, 4.69) is 41.5 Å². The molecule has 0 aromatic heterocycles. The summed E-state index contributed by atoms with van der Waals surface area (Å²) >= 11 is 0. The molecular formula is C28H52O4. The fourth-order valence-electron chi connectivity index (χ4n) is 4.83. The van der Waals surface area contributed by atoms with Gasteiger partial charge in [0.2, 0.25) is 0 Å². The quantitative estimate of drug-likeness (QED) is 0.226. The molecule has 32 heavy (non-hydrogen) atoms. The van der Waals surface area contributed by atoms with Gasteiger partial charge >= 0.3 is 11.9 Å². The van der Waals surface area contributed by atoms with Gasteiger partial charge in [-0.3, -0.25) is 9.59 Å². The van der Waals surface area contributed by atoms with Gasteiger partial charge in [-0.2, -0.15) is 0 Å². The first kappa shape index (κ1) is 29.0. The molecule has 0 spiro atoms. The molecule has 4 nitrogen and oxygen atoms in total. The fourth-order valence-corrected chi connectivity index (χ4v) is 4.83. The zero-order valence-corrected chi connectivity index (χ0v) is 22.0. The van der Waals surface area contributed by atoms with E-state index in [0.717, 1.165) is 50.4 Å². The van der Waals surface area contributed by atoms with E-state index in [9.17, 15) is 9.59 Å². The fraction of sp³-hybridized carbons (Fsp3) is 0.929. The molecule has 1 aliphatic carbocycles. The van der Waals surface area contributed by atoms with Crippen molar-refractivity contribution in [2.24, 2.45) is 35.5 Å². The summed E-state index contributed by atoms with van der Waals surface area (Å²) in [4.78, 5) is 24.9. The van der Waals surface area contributed by atoms with Crippen LogP contribution >= 0.6 is 0 Å². The molecule has 0 aromatic rings. The molecule has 0 heterocycles. The van der Waals surface area contributed by atoms with Crippen molar-refractivity contribution in [1.82, 2.24) is 0 Å². The monoisotopic (exact) mass is 452 g/mol. The lowest BCUT2D eigenvalue weighted by molar-refractivity contribution is -0.156. The molecule has 0 aromatic carbocycles. The smallest absolute Gasteiger partial charge is 0.308 e.